The molecule has 0 aliphatic heterocycles. The zero-order valence-electron chi connectivity index (χ0n) is 20.9. The fourth-order valence-electron chi connectivity index (χ4n) is 4.25. The van der Waals surface area contributed by atoms with E-state index < -0.39 is 6.04 Å². The molecule has 4 rings (SSSR count). The number of nitrogens with zero attached hydrogens (tertiary/aromatic N) is 1. The van der Waals surface area contributed by atoms with E-state index in [4.69, 9.17) is 0 Å². The highest BCUT2D eigenvalue weighted by atomic mass is 19.1. The van der Waals surface area contributed by atoms with Gasteiger partial charge in [0.1, 0.15) is 11.9 Å². The van der Waals surface area contributed by atoms with Crippen LogP contribution in [0.15, 0.2) is 109 Å². The Hall–Kier alpha value is -4.25. The number of amides is 2. The SMILES string of the molecule is Cc1ccc(CNC(=O)[C@H](c2ccccc2)N(Cc2ccc(F)cc2)C(=O)CCc2ccccc2)cc1. The summed E-state index contributed by atoms with van der Waals surface area (Å²) in [6.07, 6.45) is 0.811. The van der Waals surface area contributed by atoms with Gasteiger partial charge in [0.05, 0.1) is 0 Å². The molecule has 0 spiro atoms. The Morgan fingerprint density at radius 3 is 2.00 bits per heavy atom. The lowest BCUT2D eigenvalue weighted by Gasteiger charge is -2.32. The number of hydrogen-bond acceptors (Lipinski definition) is 2. The summed E-state index contributed by atoms with van der Waals surface area (Å²) in [6.45, 7) is 2.55. The zero-order valence-corrected chi connectivity index (χ0v) is 20.9. The van der Waals surface area contributed by atoms with E-state index in [1.165, 1.54) is 12.1 Å². The molecular weight excluding hydrogens is 463 g/mol. The molecule has 0 saturated carbocycles. The van der Waals surface area contributed by atoms with Gasteiger partial charge in [0.2, 0.25) is 11.8 Å². The molecule has 37 heavy (non-hydrogen) atoms. The Kier molecular flexibility index (Phi) is 8.82. The topological polar surface area (TPSA) is 49.4 Å². The van der Waals surface area contributed by atoms with Crippen LogP contribution in [0, 0.1) is 12.7 Å². The highest BCUT2D eigenvalue weighted by molar-refractivity contribution is 5.88. The van der Waals surface area contributed by atoms with Gasteiger partial charge in [-0.3, -0.25) is 9.59 Å². The van der Waals surface area contributed by atoms with Crippen molar-refractivity contribution < 1.29 is 14.0 Å². The molecule has 1 N–H and O–H groups in total. The quantitative estimate of drug-likeness (QED) is 0.287. The third-order valence-corrected chi connectivity index (χ3v) is 6.32. The Morgan fingerprint density at radius 1 is 0.757 bits per heavy atom. The molecule has 4 aromatic carbocycles. The van der Waals surface area contributed by atoms with Crippen molar-refractivity contribution in [3.8, 4) is 0 Å². The summed E-state index contributed by atoms with van der Waals surface area (Å²) >= 11 is 0. The van der Waals surface area contributed by atoms with Crippen molar-refractivity contribution in [1.82, 2.24) is 10.2 Å². The van der Waals surface area contributed by atoms with Crippen LogP contribution in [0.2, 0.25) is 0 Å². The first-order valence-corrected chi connectivity index (χ1v) is 12.5. The number of aryl methyl sites for hydroxylation is 2. The largest absolute Gasteiger partial charge is 0.350 e. The number of nitrogens with one attached hydrogen (secondary N) is 1. The van der Waals surface area contributed by atoms with Gasteiger partial charge in [-0.2, -0.15) is 0 Å². The molecule has 0 bridgehead atoms. The third-order valence-electron chi connectivity index (χ3n) is 6.32. The second-order valence-corrected chi connectivity index (χ2v) is 9.15. The molecule has 0 unspecified atom stereocenters. The number of carbonyl (C=O) groups is 2. The summed E-state index contributed by atoms with van der Waals surface area (Å²) in [7, 11) is 0. The van der Waals surface area contributed by atoms with Crippen molar-refractivity contribution in [3.63, 3.8) is 0 Å². The van der Waals surface area contributed by atoms with Crippen LogP contribution in [0.5, 0.6) is 0 Å². The molecule has 0 radical (unpaired) electrons. The average Bonchev–Trinajstić information content (AvgIpc) is 2.93. The molecule has 4 nitrogen and oxygen atoms in total. The van der Waals surface area contributed by atoms with Crippen LogP contribution in [-0.4, -0.2) is 16.7 Å². The van der Waals surface area contributed by atoms with Crippen LogP contribution in [0.1, 0.15) is 40.3 Å². The van der Waals surface area contributed by atoms with Gasteiger partial charge < -0.3 is 10.2 Å². The summed E-state index contributed by atoms with van der Waals surface area (Å²) < 4.78 is 13.6. The van der Waals surface area contributed by atoms with Crippen molar-refractivity contribution in [2.45, 2.75) is 38.9 Å². The highest BCUT2D eigenvalue weighted by Gasteiger charge is 2.31. The van der Waals surface area contributed by atoms with E-state index in [-0.39, 0.29) is 30.6 Å². The Balaban J connectivity index is 1.62. The van der Waals surface area contributed by atoms with E-state index in [1.54, 1.807) is 17.0 Å². The standard InChI is InChI=1S/C32H31FN2O2/c1-24-12-14-26(15-13-24)22-34-32(37)31(28-10-6-3-7-11-28)35(23-27-16-19-29(33)20-17-27)30(36)21-18-25-8-4-2-5-9-25/h2-17,19-20,31H,18,21-23H2,1H3,(H,34,37)/t31-/m0/s1. The number of rotatable bonds is 10. The van der Waals surface area contributed by atoms with Gasteiger partial charge in [-0.15, -0.1) is 0 Å². The third kappa shape index (κ3) is 7.37. The number of hydrogen-bond donors (Lipinski definition) is 1. The van der Waals surface area contributed by atoms with Crippen molar-refractivity contribution in [2.24, 2.45) is 0 Å². The first kappa shape index (κ1) is 25.8. The van der Waals surface area contributed by atoms with Crippen molar-refractivity contribution >= 4 is 11.8 Å². The minimum absolute atomic E-state index is 0.146. The van der Waals surface area contributed by atoms with E-state index in [9.17, 15) is 14.0 Å². The molecule has 0 aromatic heterocycles. The van der Waals surface area contributed by atoms with Crippen LogP contribution < -0.4 is 5.32 Å². The van der Waals surface area contributed by atoms with Crippen LogP contribution in [-0.2, 0) is 29.1 Å². The molecule has 188 valence electrons. The van der Waals surface area contributed by atoms with Crippen LogP contribution in [0.3, 0.4) is 0 Å². The lowest BCUT2D eigenvalue weighted by Crippen LogP contribution is -2.43. The molecule has 5 heteroatoms. The molecule has 0 fully saturated rings. The summed E-state index contributed by atoms with van der Waals surface area (Å²) in [4.78, 5) is 29.0. The summed E-state index contributed by atoms with van der Waals surface area (Å²) in [5, 5.41) is 3.03. The van der Waals surface area contributed by atoms with Gasteiger partial charge in [0, 0.05) is 19.5 Å². The van der Waals surface area contributed by atoms with Crippen LogP contribution in [0.25, 0.3) is 0 Å². The Labute approximate surface area is 217 Å². The van der Waals surface area contributed by atoms with Gasteiger partial charge in [0.25, 0.3) is 0 Å². The van der Waals surface area contributed by atoms with Crippen molar-refractivity contribution in [2.75, 3.05) is 0 Å². The lowest BCUT2D eigenvalue weighted by molar-refractivity contribution is -0.141. The van der Waals surface area contributed by atoms with Gasteiger partial charge >= 0.3 is 0 Å². The van der Waals surface area contributed by atoms with E-state index in [0.29, 0.717) is 13.0 Å². The molecule has 4 aromatic rings. The lowest BCUT2D eigenvalue weighted by atomic mass is 10.0. The fraction of sp³-hybridized carbons (Fsp3) is 0.188. The molecule has 0 heterocycles. The molecule has 2 amide bonds. The molecule has 1 atom stereocenters. The van der Waals surface area contributed by atoms with E-state index in [2.05, 4.69) is 5.32 Å². The normalized spacial score (nSPS) is 11.5. The second-order valence-electron chi connectivity index (χ2n) is 9.15. The highest BCUT2D eigenvalue weighted by Crippen LogP contribution is 2.25. The first-order valence-electron chi connectivity index (χ1n) is 12.5. The molecule has 0 saturated heterocycles. The molecule has 0 aliphatic rings. The minimum atomic E-state index is -0.833. The second kappa shape index (κ2) is 12.6. The van der Waals surface area contributed by atoms with Gasteiger partial charge in [-0.25, -0.2) is 4.39 Å². The number of benzene rings is 4. The van der Waals surface area contributed by atoms with Crippen LogP contribution in [0.4, 0.5) is 4.39 Å². The van der Waals surface area contributed by atoms with Crippen molar-refractivity contribution in [3.05, 3.63) is 143 Å². The minimum Gasteiger partial charge on any atom is -0.350 e. The molecular formula is C32H31FN2O2. The average molecular weight is 495 g/mol. The number of carbonyl (C=O) groups excluding carboxylic acids is 2. The van der Waals surface area contributed by atoms with E-state index in [0.717, 1.165) is 27.8 Å². The summed E-state index contributed by atoms with van der Waals surface area (Å²) in [5.41, 5.74) is 4.65. The van der Waals surface area contributed by atoms with Gasteiger partial charge in [-0.1, -0.05) is 103 Å². The van der Waals surface area contributed by atoms with E-state index in [1.807, 2.05) is 91.9 Å². The summed E-state index contributed by atoms with van der Waals surface area (Å²) in [6, 6.07) is 32.3. The smallest absolute Gasteiger partial charge is 0.247 e. The maximum absolute atomic E-state index is 13.7. The van der Waals surface area contributed by atoms with Crippen LogP contribution >= 0.6 is 0 Å². The summed E-state index contributed by atoms with van der Waals surface area (Å²) in [5.74, 6) is -0.754. The molecule has 0 aliphatic carbocycles. The predicted molar refractivity (Wildman–Crippen MR) is 144 cm³/mol. The van der Waals surface area contributed by atoms with Gasteiger partial charge in [-0.05, 0) is 47.7 Å². The van der Waals surface area contributed by atoms with E-state index >= 15 is 0 Å². The first-order chi connectivity index (χ1) is 18.0. The zero-order chi connectivity index (χ0) is 26.0. The predicted octanol–water partition coefficient (Wildman–Crippen LogP) is 6.15. The monoisotopic (exact) mass is 494 g/mol. The van der Waals surface area contributed by atoms with Crippen molar-refractivity contribution in [1.29, 1.82) is 0 Å². The maximum atomic E-state index is 13.7. The Morgan fingerprint density at radius 2 is 1.35 bits per heavy atom. The van der Waals surface area contributed by atoms with Gasteiger partial charge in [0.15, 0.2) is 0 Å². The fourth-order valence-corrected chi connectivity index (χ4v) is 4.25. The number of halogens is 1. The maximum Gasteiger partial charge on any atom is 0.247 e. The Bertz CT molecular complexity index is 1290.